The predicted octanol–water partition coefficient (Wildman–Crippen LogP) is 2.43. The fraction of sp³-hybridized carbons (Fsp3) is 0.714. The molecule has 2 rings (SSSR count). The van der Waals surface area contributed by atoms with E-state index in [0.717, 1.165) is 32.8 Å². The molecule has 102 valence electrons. The van der Waals surface area contributed by atoms with Gasteiger partial charge in [-0.2, -0.15) is 0 Å². The maximum absolute atomic E-state index is 5.46. The summed E-state index contributed by atoms with van der Waals surface area (Å²) in [5.74, 6) is 0. The quantitative estimate of drug-likeness (QED) is 0.887. The fourth-order valence-electron chi connectivity index (χ4n) is 2.28. The minimum absolute atomic E-state index is 0.495. The van der Waals surface area contributed by atoms with Crippen LogP contribution in [0.4, 0.5) is 0 Å². The van der Waals surface area contributed by atoms with Crippen molar-refractivity contribution < 1.29 is 4.74 Å². The van der Waals surface area contributed by atoms with Gasteiger partial charge in [-0.3, -0.25) is 4.90 Å². The normalized spacial score (nSPS) is 19.3. The molecule has 3 nitrogen and oxygen atoms in total. The van der Waals surface area contributed by atoms with Crippen molar-refractivity contribution in [3.05, 3.63) is 21.9 Å². The van der Waals surface area contributed by atoms with E-state index in [1.807, 2.05) is 11.3 Å². The van der Waals surface area contributed by atoms with Crippen molar-refractivity contribution in [3.8, 4) is 0 Å². The summed E-state index contributed by atoms with van der Waals surface area (Å²) >= 11 is 1.92. The first-order valence-electron chi connectivity index (χ1n) is 6.78. The lowest BCUT2D eigenvalue weighted by Gasteiger charge is -2.34. The molecule has 1 unspecified atom stereocenters. The summed E-state index contributed by atoms with van der Waals surface area (Å²) < 4.78 is 5.46. The largest absolute Gasteiger partial charge is 0.379 e. The van der Waals surface area contributed by atoms with Crippen molar-refractivity contribution >= 4 is 11.3 Å². The molecule has 1 saturated heterocycles. The summed E-state index contributed by atoms with van der Waals surface area (Å²) in [6.07, 6.45) is 0. The number of ether oxygens (including phenoxy) is 1. The van der Waals surface area contributed by atoms with Gasteiger partial charge in [0.15, 0.2) is 0 Å². The SMILES string of the molecule is Cc1ccc(C(CNC(C)C)N2CCOCC2)s1. The molecule has 2 heterocycles. The van der Waals surface area contributed by atoms with Gasteiger partial charge in [0.1, 0.15) is 0 Å². The second kappa shape index (κ2) is 6.66. The number of rotatable bonds is 5. The van der Waals surface area contributed by atoms with Crippen molar-refractivity contribution in [3.63, 3.8) is 0 Å². The number of nitrogens with one attached hydrogen (secondary N) is 1. The van der Waals surface area contributed by atoms with Gasteiger partial charge in [-0.05, 0) is 19.1 Å². The van der Waals surface area contributed by atoms with E-state index >= 15 is 0 Å². The van der Waals surface area contributed by atoms with Crippen LogP contribution in [0.1, 0.15) is 29.6 Å². The van der Waals surface area contributed by atoms with Gasteiger partial charge in [-0.15, -0.1) is 11.3 Å². The second-order valence-corrected chi connectivity index (χ2v) is 6.49. The molecule has 1 aliphatic heterocycles. The minimum atomic E-state index is 0.495. The van der Waals surface area contributed by atoms with Crippen LogP contribution in [0.3, 0.4) is 0 Å². The maximum atomic E-state index is 5.46. The number of morpholine rings is 1. The molecule has 1 atom stereocenters. The third kappa shape index (κ3) is 3.79. The van der Waals surface area contributed by atoms with Gasteiger partial charge >= 0.3 is 0 Å². The Hall–Kier alpha value is -0.420. The highest BCUT2D eigenvalue weighted by Gasteiger charge is 2.23. The van der Waals surface area contributed by atoms with Gasteiger partial charge in [0.05, 0.1) is 19.3 Å². The summed E-state index contributed by atoms with van der Waals surface area (Å²) in [6, 6.07) is 5.54. The Balaban J connectivity index is 2.06. The highest BCUT2D eigenvalue weighted by atomic mass is 32.1. The number of hydrogen-bond acceptors (Lipinski definition) is 4. The Labute approximate surface area is 114 Å². The van der Waals surface area contributed by atoms with Crippen LogP contribution in [-0.4, -0.2) is 43.8 Å². The van der Waals surface area contributed by atoms with Crippen molar-refractivity contribution in [2.45, 2.75) is 32.9 Å². The van der Waals surface area contributed by atoms with E-state index in [2.05, 4.69) is 43.1 Å². The molecule has 1 aliphatic rings. The third-order valence-corrected chi connectivity index (χ3v) is 4.40. The lowest BCUT2D eigenvalue weighted by atomic mass is 10.1. The van der Waals surface area contributed by atoms with Crippen LogP contribution in [0.15, 0.2) is 12.1 Å². The van der Waals surface area contributed by atoms with Crippen LogP contribution >= 0.6 is 11.3 Å². The molecule has 1 fully saturated rings. The fourth-order valence-corrected chi connectivity index (χ4v) is 3.29. The molecule has 0 aliphatic carbocycles. The molecule has 4 heteroatoms. The highest BCUT2D eigenvalue weighted by molar-refractivity contribution is 7.12. The molecule has 0 amide bonds. The summed E-state index contributed by atoms with van der Waals surface area (Å²) in [7, 11) is 0. The molecule has 0 bridgehead atoms. The van der Waals surface area contributed by atoms with Gasteiger partial charge in [0.2, 0.25) is 0 Å². The topological polar surface area (TPSA) is 24.5 Å². The van der Waals surface area contributed by atoms with Crippen LogP contribution in [0.25, 0.3) is 0 Å². The molecule has 1 aromatic rings. The summed E-state index contributed by atoms with van der Waals surface area (Å²) in [5, 5.41) is 3.57. The lowest BCUT2D eigenvalue weighted by Crippen LogP contribution is -2.43. The van der Waals surface area contributed by atoms with Crippen molar-refractivity contribution in [2.24, 2.45) is 0 Å². The van der Waals surface area contributed by atoms with Gasteiger partial charge in [0.25, 0.3) is 0 Å². The predicted molar refractivity (Wildman–Crippen MR) is 77.3 cm³/mol. The summed E-state index contributed by atoms with van der Waals surface area (Å²) in [5.41, 5.74) is 0. The molecule has 0 aromatic carbocycles. The van der Waals surface area contributed by atoms with Gasteiger partial charge in [-0.25, -0.2) is 0 Å². The first-order chi connectivity index (χ1) is 8.66. The second-order valence-electron chi connectivity index (χ2n) is 5.18. The van der Waals surface area contributed by atoms with Crippen LogP contribution in [-0.2, 0) is 4.74 Å². The number of aryl methyl sites for hydroxylation is 1. The Morgan fingerprint density at radius 3 is 2.61 bits per heavy atom. The van der Waals surface area contributed by atoms with Crippen LogP contribution in [0, 0.1) is 6.92 Å². The van der Waals surface area contributed by atoms with E-state index in [-0.39, 0.29) is 0 Å². The number of hydrogen-bond donors (Lipinski definition) is 1. The molecule has 1 N–H and O–H groups in total. The smallest absolute Gasteiger partial charge is 0.0594 e. The zero-order valence-corrected chi connectivity index (χ0v) is 12.4. The molecule has 18 heavy (non-hydrogen) atoms. The third-order valence-electron chi connectivity index (χ3n) is 3.30. The first kappa shape index (κ1) is 14.0. The monoisotopic (exact) mass is 268 g/mol. The van der Waals surface area contributed by atoms with Gasteiger partial charge in [0, 0.05) is 35.4 Å². The van der Waals surface area contributed by atoms with E-state index < -0.39 is 0 Å². The molecule has 0 radical (unpaired) electrons. The first-order valence-corrected chi connectivity index (χ1v) is 7.60. The van der Waals surface area contributed by atoms with Crippen molar-refractivity contribution in [1.82, 2.24) is 10.2 Å². The Bertz CT molecular complexity index is 358. The molecule has 1 aromatic heterocycles. The Kier molecular flexibility index (Phi) is 5.18. The number of thiophene rings is 1. The highest BCUT2D eigenvalue weighted by Crippen LogP contribution is 2.27. The lowest BCUT2D eigenvalue weighted by molar-refractivity contribution is 0.0165. The van der Waals surface area contributed by atoms with Gasteiger partial charge < -0.3 is 10.1 Å². The van der Waals surface area contributed by atoms with Crippen LogP contribution in [0.5, 0.6) is 0 Å². The summed E-state index contributed by atoms with van der Waals surface area (Å²) in [6.45, 7) is 11.4. The Morgan fingerprint density at radius 2 is 2.06 bits per heavy atom. The van der Waals surface area contributed by atoms with E-state index in [1.165, 1.54) is 9.75 Å². The molecular formula is C14H24N2OS. The average Bonchev–Trinajstić information content (AvgIpc) is 2.77. The molecular weight excluding hydrogens is 244 g/mol. The minimum Gasteiger partial charge on any atom is -0.379 e. The zero-order chi connectivity index (χ0) is 13.0. The van der Waals surface area contributed by atoms with Crippen molar-refractivity contribution in [1.29, 1.82) is 0 Å². The van der Waals surface area contributed by atoms with E-state index in [1.54, 1.807) is 0 Å². The Morgan fingerprint density at radius 1 is 1.33 bits per heavy atom. The van der Waals surface area contributed by atoms with Crippen LogP contribution in [0.2, 0.25) is 0 Å². The van der Waals surface area contributed by atoms with E-state index in [0.29, 0.717) is 12.1 Å². The average molecular weight is 268 g/mol. The van der Waals surface area contributed by atoms with E-state index in [4.69, 9.17) is 4.74 Å². The molecule has 0 spiro atoms. The standard InChI is InChI=1S/C14H24N2OS/c1-11(2)15-10-13(14-5-4-12(3)18-14)16-6-8-17-9-7-16/h4-5,11,13,15H,6-10H2,1-3H3. The number of nitrogens with zero attached hydrogens (tertiary/aromatic N) is 1. The zero-order valence-electron chi connectivity index (χ0n) is 11.6. The van der Waals surface area contributed by atoms with Gasteiger partial charge in [-0.1, -0.05) is 13.8 Å². The molecule has 0 saturated carbocycles. The summed E-state index contributed by atoms with van der Waals surface area (Å²) in [4.78, 5) is 5.42. The maximum Gasteiger partial charge on any atom is 0.0594 e. The van der Waals surface area contributed by atoms with E-state index in [9.17, 15) is 0 Å². The van der Waals surface area contributed by atoms with Crippen LogP contribution < -0.4 is 5.32 Å². The van der Waals surface area contributed by atoms with Crippen molar-refractivity contribution in [2.75, 3.05) is 32.8 Å².